The second-order valence-corrected chi connectivity index (χ2v) is 5.96. The zero-order valence-electron chi connectivity index (χ0n) is 13.9. The average Bonchev–Trinajstić information content (AvgIpc) is 2.51. The predicted molar refractivity (Wildman–Crippen MR) is 80.9 cm³/mol. The number of benzene rings is 2. The van der Waals surface area contributed by atoms with Crippen molar-refractivity contribution in [2.45, 2.75) is 31.9 Å². The van der Waals surface area contributed by atoms with E-state index in [0.29, 0.717) is 12.1 Å². The second kappa shape index (κ2) is 6.51. The van der Waals surface area contributed by atoms with Gasteiger partial charge < -0.3 is 0 Å². The lowest BCUT2D eigenvalue weighted by Gasteiger charge is -2.33. The second-order valence-electron chi connectivity index (χ2n) is 5.96. The monoisotopic (exact) mass is 393 g/mol. The van der Waals surface area contributed by atoms with Crippen LogP contribution < -0.4 is 0 Å². The van der Waals surface area contributed by atoms with Crippen LogP contribution in [-0.4, -0.2) is 12.4 Å². The maximum atomic E-state index is 14.7. The summed E-state index contributed by atoms with van der Waals surface area (Å²) in [5, 5.41) is 8.74. The van der Waals surface area contributed by atoms with Crippen molar-refractivity contribution in [3.05, 3.63) is 58.4 Å². The van der Waals surface area contributed by atoms with Gasteiger partial charge in [-0.2, -0.15) is 31.6 Å². The van der Waals surface area contributed by atoms with Crippen molar-refractivity contribution in [3.8, 4) is 17.2 Å². The maximum absolute atomic E-state index is 14.7. The highest BCUT2D eigenvalue weighted by atomic mass is 19.4. The van der Waals surface area contributed by atoms with E-state index in [9.17, 15) is 35.1 Å². The molecule has 0 heterocycles. The fourth-order valence-electron chi connectivity index (χ4n) is 2.85. The van der Waals surface area contributed by atoms with E-state index >= 15 is 0 Å². The Morgan fingerprint density at radius 3 is 1.85 bits per heavy atom. The number of nitriles is 1. The molecule has 1 nitrogen and oxygen atoms in total. The van der Waals surface area contributed by atoms with E-state index in [4.69, 9.17) is 5.26 Å². The Balaban J connectivity index is 2.97. The average molecular weight is 393 g/mol. The Labute approximate surface area is 148 Å². The molecule has 0 aliphatic heterocycles. The highest BCUT2D eigenvalue weighted by molar-refractivity contribution is 5.74. The molecule has 0 radical (unpaired) electrons. The van der Waals surface area contributed by atoms with Gasteiger partial charge in [0.05, 0.1) is 11.6 Å². The molecule has 0 spiro atoms. The molecule has 0 N–H and O–H groups in total. The van der Waals surface area contributed by atoms with Crippen LogP contribution in [0.1, 0.15) is 22.3 Å². The first-order valence-corrected chi connectivity index (χ1v) is 7.38. The third-order valence-corrected chi connectivity index (χ3v) is 4.00. The number of halogens is 8. The smallest absolute Gasteiger partial charge is 0.218 e. The van der Waals surface area contributed by atoms with E-state index in [0.717, 1.165) is 19.1 Å². The molecule has 0 unspecified atom stereocenters. The minimum Gasteiger partial charge on any atom is -0.218 e. The van der Waals surface area contributed by atoms with Gasteiger partial charge in [-0.3, -0.25) is 0 Å². The molecule has 2 aromatic carbocycles. The van der Waals surface area contributed by atoms with Crippen LogP contribution in [0.3, 0.4) is 0 Å². The molecular weight excluding hydrogens is 382 g/mol. The van der Waals surface area contributed by atoms with Crippen LogP contribution >= 0.6 is 0 Å². The van der Waals surface area contributed by atoms with Crippen molar-refractivity contribution >= 4 is 0 Å². The Kier molecular flexibility index (Phi) is 4.99. The number of alkyl halides is 7. The summed E-state index contributed by atoms with van der Waals surface area (Å²) >= 11 is 0. The SMILES string of the molecule is Cc1cc(C)c(-c2ccc(C#N)cc2F)c(C(F)(C(F)(F)F)C(F)(F)F)c1. The highest BCUT2D eigenvalue weighted by Crippen LogP contribution is 2.56. The van der Waals surface area contributed by atoms with Gasteiger partial charge in [0, 0.05) is 11.1 Å². The summed E-state index contributed by atoms with van der Waals surface area (Å²) in [6.07, 6.45) is -12.7. The lowest BCUT2D eigenvalue weighted by molar-refractivity contribution is -0.348. The van der Waals surface area contributed by atoms with Crippen LogP contribution in [0, 0.1) is 31.0 Å². The fraction of sp³-hybridized carbons (Fsp3) is 0.278. The number of aryl methyl sites for hydroxylation is 2. The molecule has 2 aromatic rings. The molecule has 144 valence electrons. The molecule has 9 heteroatoms. The van der Waals surface area contributed by atoms with E-state index in [1.54, 1.807) is 6.07 Å². The molecule has 2 rings (SSSR count). The topological polar surface area (TPSA) is 23.8 Å². The highest BCUT2D eigenvalue weighted by Gasteiger charge is 2.74. The third kappa shape index (κ3) is 3.36. The number of hydrogen-bond acceptors (Lipinski definition) is 1. The molecule has 0 aliphatic rings. The quantitative estimate of drug-likeness (QED) is 0.552. The van der Waals surface area contributed by atoms with Gasteiger partial charge in [0.25, 0.3) is 0 Å². The number of hydrogen-bond donors (Lipinski definition) is 0. The molecule has 0 saturated carbocycles. The summed E-state index contributed by atoms with van der Waals surface area (Å²) in [5.74, 6) is -1.24. The summed E-state index contributed by atoms with van der Waals surface area (Å²) in [7, 11) is 0. The van der Waals surface area contributed by atoms with E-state index < -0.39 is 40.5 Å². The van der Waals surface area contributed by atoms with Gasteiger partial charge in [0.15, 0.2) is 0 Å². The minimum absolute atomic E-state index is 0.0594. The maximum Gasteiger partial charge on any atom is 0.435 e. The van der Waals surface area contributed by atoms with Crippen LogP contribution in [0.4, 0.5) is 35.1 Å². The zero-order valence-corrected chi connectivity index (χ0v) is 13.9. The van der Waals surface area contributed by atoms with Crippen LogP contribution in [0.2, 0.25) is 0 Å². The molecule has 0 aliphatic carbocycles. The van der Waals surface area contributed by atoms with Crippen LogP contribution in [0.5, 0.6) is 0 Å². The van der Waals surface area contributed by atoms with Crippen molar-refractivity contribution in [1.29, 1.82) is 5.26 Å². The van der Waals surface area contributed by atoms with Crippen LogP contribution in [-0.2, 0) is 5.67 Å². The number of rotatable bonds is 2. The lowest BCUT2D eigenvalue weighted by Crippen LogP contribution is -2.50. The van der Waals surface area contributed by atoms with Crippen molar-refractivity contribution < 1.29 is 35.1 Å². The van der Waals surface area contributed by atoms with E-state index in [1.165, 1.54) is 13.0 Å². The molecule has 0 bridgehead atoms. The molecule has 27 heavy (non-hydrogen) atoms. The molecular formula is C18H11F8N. The van der Waals surface area contributed by atoms with Crippen molar-refractivity contribution in [2.24, 2.45) is 0 Å². The first kappa shape index (κ1) is 20.7. The van der Waals surface area contributed by atoms with E-state index in [1.807, 2.05) is 0 Å². The summed E-state index contributed by atoms with van der Waals surface area (Å²) < 4.78 is 108. The van der Waals surface area contributed by atoms with Crippen LogP contribution in [0.15, 0.2) is 30.3 Å². The molecule has 0 fully saturated rings. The van der Waals surface area contributed by atoms with Gasteiger partial charge in [0.1, 0.15) is 5.82 Å². The Hall–Kier alpha value is -2.63. The zero-order chi connectivity index (χ0) is 20.8. The van der Waals surface area contributed by atoms with Gasteiger partial charge in [-0.15, -0.1) is 0 Å². The predicted octanol–water partition coefficient (Wildman–Crippen LogP) is 6.27. The normalized spacial score (nSPS) is 12.8. The number of nitrogens with zero attached hydrogens (tertiary/aromatic N) is 1. The molecule has 0 amide bonds. The largest absolute Gasteiger partial charge is 0.435 e. The van der Waals surface area contributed by atoms with Crippen molar-refractivity contribution in [3.63, 3.8) is 0 Å². The molecule has 0 aromatic heterocycles. The Morgan fingerprint density at radius 2 is 1.41 bits per heavy atom. The first-order valence-electron chi connectivity index (χ1n) is 7.38. The van der Waals surface area contributed by atoms with Gasteiger partial charge in [-0.05, 0) is 37.1 Å². The van der Waals surface area contributed by atoms with Crippen molar-refractivity contribution in [1.82, 2.24) is 0 Å². The summed E-state index contributed by atoms with van der Waals surface area (Å²) in [5.41, 5.74) is -9.41. The standard InChI is InChI=1S/C18H11F8N/c1-9-5-10(2)15(12-4-3-11(8-27)7-14(12)19)13(6-9)16(20,17(21,22)23)18(24,25)26/h3-7H,1-2H3. The van der Waals surface area contributed by atoms with E-state index in [2.05, 4.69) is 0 Å². The van der Waals surface area contributed by atoms with Crippen LogP contribution in [0.25, 0.3) is 11.1 Å². The van der Waals surface area contributed by atoms with Gasteiger partial charge in [0.2, 0.25) is 0 Å². The molecule has 0 atom stereocenters. The minimum atomic E-state index is -6.33. The summed E-state index contributed by atoms with van der Waals surface area (Å²) in [4.78, 5) is 0. The fourth-order valence-corrected chi connectivity index (χ4v) is 2.85. The Morgan fingerprint density at radius 1 is 0.852 bits per heavy atom. The van der Waals surface area contributed by atoms with Crippen molar-refractivity contribution in [2.75, 3.05) is 0 Å². The van der Waals surface area contributed by atoms with Gasteiger partial charge >= 0.3 is 18.0 Å². The van der Waals surface area contributed by atoms with E-state index in [-0.39, 0.29) is 16.7 Å². The molecule has 0 saturated heterocycles. The first-order chi connectivity index (χ1) is 12.2. The summed E-state index contributed by atoms with van der Waals surface area (Å²) in [6.45, 7) is 2.35. The van der Waals surface area contributed by atoms with Gasteiger partial charge in [-0.1, -0.05) is 23.8 Å². The summed E-state index contributed by atoms with van der Waals surface area (Å²) in [6, 6.07) is 5.72. The third-order valence-electron chi connectivity index (χ3n) is 4.00. The Bertz CT molecular complexity index is 905. The lowest BCUT2D eigenvalue weighted by atomic mass is 9.83. The van der Waals surface area contributed by atoms with Gasteiger partial charge in [-0.25, -0.2) is 8.78 Å².